The molecule has 10 heteroatoms. The van der Waals surface area contributed by atoms with E-state index in [1.807, 2.05) is 12.1 Å². The van der Waals surface area contributed by atoms with Crippen molar-refractivity contribution in [2.45, 2.75) is 0 Å². The van der Waals surface area contributed by atoms with Crippen molar-refractivity contribution in [3.8, 4) is 28.7 Å². The summed E-state index contributed by atoms with van der Waals surface area (Å²) in [6, 6.07) is 13.8. The maximum atomic E-state index is 12.9. The lowest BCUT2D eigenvalue weighted by Gasteiger charge is -2.13. The van der Waals surface area contributed by atoms with E-state index in [0.29, 0.717) is 45.6 Å². The predicted molar refractivity (Wildman–Crippen MR) is 146 cm³/mol. The zero-order valence-corrected chi connectivity index (χ0v) is 22.1. The maximum absolute atomic E-state index is 12.9. The average Bonchev–Trinajstić information content (AvgIpc) is 3.41. The average molecular weight is 535 g/mol. The van der Waals surface area contributed by atoms with Crippen LogP contribution in [0.1, 0.15) is 15.9 Å². The fourth-order valence-corrected chi connectivity index (χ4v) is 4.39. The van der Waals surface area contributed by atoms with Gasteiger partial charge in [-0.1, -0.05) is 12.1 Å². The number of thiazole rings is 1. The van der Waals surface area contributed by atoms with E-state index in [1.54, 1.807) is 48.0 Å². The Balaban J connectivity index is 1.45. The number of fused-ring (bicyclic) bond motifs is 1. The van der Waals surface area contributed by atoms with Gasteiger partial charge in [0, 0.05) is 11.3 Å². The van der Waals surface area contributed by atoms with Gasteiger partial charge >= 0.3 is 0 Å². The van der Waals surface area contributed by atoms with Gasteiger partial charge in [-0.15, -0.1) is 11.3 Å². The first-order valence-corrected chi connectivity index (χ1v) is 12.3. The molecule has 0 bridgehead atoms. The SMILES string of the molecule is COc1ccc(/C=C/C(=O)c2cc(OC)c(OC)c(OC)c2)cc1OCC(=O)Nc1ccc2ncsc2c1. The first-order valence-electron chi connectivity index (χ1n) is 11.4. The van der Waals surface area contributed by atoms with Crippen molar-refractivity contribution in [1.29, 1.82) is 0 Å². The normalized spacial score (nSPS) is 10.8. The molecule has 0 saturated heterocycles. The van der Waals surface area contributed by atoms with Crippen LogP contribution in [0.15, 0.2) is 60.1 Å². The molecule has 1 amide bonds. The van der Waals surface area contributed by atoms with Crippen molar-refractivity contribution in [3.63, 3.8) is 0 Å². The van der Waals surface area contributed by atoms with E-state index in [0.717, 1.165) is 10.2 Å². The van der Waals surface area contributed by atoms with Crippen LogP contribution >= 0.6 is 11.3 Å². The number of nitrogens with zero attached hydrogens (tertiary/aromatic N) is 1. The fraction of sp³-hybridized carbons (Fsp3) is 0.179. The van der Waals surface area contributed by atoms with Crippen LogP contribution in [0.4, 0.5) is 5.69 Å². The molecule has 4 rings (SSSR count). The zero-order valence-electron chi connectivity index (χ0n) is 21.3. The number of allylic oxidation sites excluding steroid dienone is 1. The summed E-state index contributed by atoms with van der Waals surface area (Å²) >= 11 is 1.50. The maximum Gasteiger partial charge on any atom is 0.262 e. The Bertz CT molecular complexity index is 1470. The third-order valence-electron chi connectivity index (χ3n) is 5.54. The number of anilines is 1. The molecule has 0 unspecified atom stereocenters. The molecule has 1 aromatic heterocycles. The molecule has 0 radical (unpaired) electrons. The number of aromatic nitrogens is 1. The molecule has 1 N–H and O–H groups in total. The Hall–Kier alpha value is -4.57. The van der Waals surface area contributed by atoms with Crippen LogP contribution in [-0.2, 0) is 4.79 Å². The number of benzene rings is 3. The predicted octanol–water partition coefficient (Wildman–Crippen LogP) is 5.24. The summed E-state index contributed by atoms with van der Waals surface area (Å²) in [5.41, 5.74) is 4.34. The molecular weight excluding hydrogens is 508 g/mol. The molecule has 0 atom stereocenters. The summed E-state index contributed by atoms with van der Waals surface area (Å²) in [7, 11) is 5.98. The molecule has 9 nitrogen and oxygen atoms in total. The minimum atomic E-state index is -0.325. The summed E-state index contributed by atoms with van der Waals surface area (Å²) in [6.45, 7) is -0.228. The minimum absolute atomic E-state index is 0.228. The molecule has 4 aromatic rings. The number of nitrogens with one attached hydrogen (secondary N) is 1. The summed E-state index contributed by atoms with van der Waals surface area (Å²) in [5, 5.41) is 2.82. The number of ketones is 1. The topological polar surface area (TPSA) is 105 Å². The van der Waals surface area contributed by atoms with Crippen molar-refractivity contribution in [1.82, 2.24) is 4.98 Å². The van der Waals surface area contributed by atoms with Crippen molar-refractivity contribution in [3.05, 3.63) is 71.2 Å². The lowest BCUT2D eigenvalue weighted by atomic mass is 10.1. The lowest BCUT2D eigenvalue weighted by molar-refractivity contribution is -0.118. The number of carbonyl (C=O) groups excluding carboxylic acids is 2. The van der Waals surface area contributed by atoms with Crippen molar-refractivity contribution >= 4 is 45.0 Å². The quantitative estimate of drug-likeness (QED) is 0.206. The smallest absolute Gasteiger partial charge is 0.262 e. The van der Waals surface area contributed by atoms with E-state index in [4.69, 9.17) is 23.7 Å². The van der Waals surface area contributed by atoms with E-state index < -0.39 is 0 Å². The molecule has 0 saturated carbocycles. The van der Waals surface area contributed by atoms with Gasteiger partial charge in [-0.05, 0) is 54.1 Å². The number of methoxy groups -OCH3 is 4. The molecule has 3 aromatic carbocycles. The van der Waals surface area contributed by atoms with E-state index in [9.17, 15) is 9.59 Å². The Kier molecular flexibility index (Phi) is 8.44. The third-order valence-corrected chi connectivity index (χ3v) is 6.33. The number of ether oxygens (including phenoxy) is 5. The number of hydrogen-bond donors (Lipinski definition) is 1. The highest BCUT2D eigenvalue weighted by molar-refractivity contribution is 7.16. The Morgan fingerprint density at radius 3 is 2.29 bits per heavy atom. The number of carbonyl (C=O) groups is 2. The summed E-state index contributed by atoms with van der Waals surface area (Å²) in [5.74, 6) is 1.40. The highest BCUT2D eigenvalue weighted by Crippen LogP contribution is 2.38. The van der Waals surface area contributed by atoms with Crippen LogP contribution in [0.3, 0.4) is 0 Å². The van der Waals surface area contributed by atoms with Gasteiger partial charge in [0.15, 0.2) is 35.4 Å². The third kappa shape index (κ3) is 6.04. The van der Waals surface area contributed by atoms with Gasteiger partial charge in [-0.2, -0.15) is 0 Å². The largest absolute Gasteiger partial charge is 0.493 e. The molecule has 0 aliphatic carbocycles. The van der Waals surface area contributed by atoms with Gasteiger partial charge in [-0.3, -0.25) is 9.59 Å². The summed E-state index contributed by atoms with van der Waals surface area (Å²) in [6.07, 6.45) is 3.07. The molecule has 0 aliphatic rings. The van der Waals surface area contributed by atoms with E-state index >= 15 is 0 Å². The number of amides is 1. The second-order valence-electron chi connectivity index (χ2n) is 7.89. The molecule has 0 spiro atoms. The van der Waals surface area contributed by atoms with Gasteiger partial charge < -0.3 is 29.0 Å². The van der Waals surface area contributed by atoms with Gasteiger partial charge in [0.1, 0.15) is 0 Å². The van der Waals surface area contributed by atoms with Crippen LogP contribution in [0.5, 0.6) is 28.7 Å². The van der Waals surface area contributed by atoms with Crippen LogP contribution in [0, 0.1) is 0 Å². The van der Waals surface area contributed by atoms with E-state index in [1.165, 1.54) is 45.9 Å². The highest BCUT2D eigenvalue weighted by Gasteiger charge is 2.16. The molecule has 196 valence electrons. The first-order chi connectivity index (χ1) is 18.4. The van der Waals surface area contributed by atoms with Crippen LogP contribution in [0.2, 0.25) is 0 Å². The van der Waals surface area contributed by atoms with Gasteiger partial charge in [0.05, 0.1) is 44.2 Å². The number of rotatable bonds is 11. The van der Waals surface area contributed by atoms with E-state index in [-0.39, 0.29) is 18.3 Å². The summed E-state index contributed by atoms with van der Waals surface area (Å²) in [4.78, 5) is 29.6. The number of hydrogen-bond acceptors (Lipinski definition) is 9. The Morgan fingerprint density at radius 1 is 0.868 bits per heavy atom. The van der Waals surface area contributed by atoms with Gasteiger partial charge in [-0.25, -0.2) is 4.98 Å². The van der Waals surface area contributed by atoms with Gasteiger partial charge in [0.2, 0.25) is 5.75 Å². The fourth-order valence-electron chi connectivity index (χ4n) is 3.67. The Labute approximate surface area is 223 Å². The lowest BCUT2D eigenvalue weighted by Crippen LogP contribution is -2.20. The molecule has 0 aliphatic heterocycles. The van der Waals surface area contributed by atoms with Crippen LogP contribution in [-0.4, -0.2) is 51.7 Å². The zero-order chi connectivity index (χ0) is 27.1. The molecular formula is C28H26N2O7S. The first kappa shape index (κ1) is 26.5. The summed E-state index contributed by atoms with van der Waals surface area (Å²) < 4.78 is 28.0. The van der Waals surface area contributed by atoms with Crippen molar-refractivity contribution < 1.29 is 33.3 Å². The highest BCUT2D eigenvalue weighted by atomic mass is 32.1. The minimum Gasteiger partial charge on any atom is -0.493 e. The Morgan fingerprint density at radius 2 is 1.61 bits per heavy atom. The van der Waals surface area contributed by atoms with Gasteiger partial charge in [0.25, 0.3) is 5.91 Å². The second-order valence-corrected chi connectivity index (χ2v) is 8.78. The van der Waals surface area contributed by atoms with Crippen LogP contribution in [0.25, 0.3) is 16.3 Å². The van der Waals surface area contributed by atoms with Crippen LogP contribution < -0.4 is 29.0 Å². The monoisotopic (exact) mass is 534 g/mol. The van der Waals surface area contributed by atoms with Crippen molar-refractivity contribution in [2.24, 2.45) is 0 Å². The van der Waals surface area contributed by atoms with Crippen molar-refractivity contribution in [2.75, 3.05) is 40.4 Å². The standard InChI is InChI=1S/C28H26N2O7S/c1-33-22-10-6-17(5-9-21(31)18-12-24(34-2)28(36-4)25(13-18)35-3)11-23(22)37-15-27(32)30-19-7-8-20-26(14-19)38-16-29-20/h5-14,16H,15H2,1-4H3,(H,30,32)/b9-5+. The molecule has 1 heterocycles. The van der Waals surface area contributed by atoms with E-state index in [2.05, 4.69) is 10.3 Å². The molecule has 0 fully saturated rings. The second kappa shape index (κ2) is 12.1. The molecule has 38 heavy (non-hydrogen) atoms.